The summed E-state index contributed by atoms with van der Waals surface area (Å²) >= 11 is 5.96. The second-order valence-electron chi connectivity index (χ2n) is 7.55. The van der Waals surface area contributed by atoms with Gasteiger partial charge in [0.25, 0.3) is 0 Å². The van der Waals surface area contributed by atoms with E-state index < -0.39 is 12.2 Å². The number of aliphatic hydroxyl groups is 1. The Balaban J connectivity index is 1.46. The van der Waals surface area contributed by atoms with Gasteiger partial charge in [-0.15, -0.1) is 0 Å². The highest BCUT2D eigenvalue weighted by molar-refractivity contribution is 6.30. The molecule has 168 valence electrons. The molecule has 0 bridgehead atoms. The topological polar surface area (TPSA) is 71.0 Å². The van der Waals surface area contributed by atoms with E-state index in [-0.39, 0.29) is 24.8 Å². The van der Waals surface area contributed by atoms with Crippen LogP contribution in [0.4, 0.5) is 14.5 Å². The molecule has 0 spiro atoms. The van der Waals surface area contributed by atoms with E-state index in [4.69, 9.17) is 16.3 Å². The van der Waals surface area contributed by atoms with Crippen molar-refractivity contribution in [1.29, 1.82) is 0 Å². The number of hydrogen-bond acceptors (Lipinski definition) is 5. The number of anilines is 1. The third-order valence-corrected chi connectivity index (χ3v) is 5.28. The molecule has 2 aromatic carbocycles. The molecule has 6 nitrogen and oxygen atoms in total. The van der Waals surface area contributed by atoms with Crippen molar-refractivity contribution in [2.45, 2.75) is 31.5 Å². The van der Waals surface area contributed by atoms with Crippen molar-refractivity contribution < 1.29 is 28.2 Å². The Bertz CT molecular complexity index is 869. The SMILES string of the molecule is O=C(CN1CCCC(O)(COc2cccc(Cl)c2)CC1)Nc1ccc(OC(F)F)cc1. The second-order valence-corrected chi connectivity index (χ2v) is 7.99. The summed E-state index contributed by atoms with van der Waals surface area (Å²) in [5, 5.41) is 14.2. The van der Waals surface area contributed by atoms with Crippen molar-refractivity contribution in [3.63, 3.8) is 0 Å². The van der Waals surface area contributed by atoms with Gasteiger partial charge in [0, 0.05) is 17.3 Å². The lowest BCUT2D eigenvalue weighted by atomic mass is 9.96. The summed E-state index contributed by atoms with van der Waals surface area (Å²) in [7, 11) is 0. The molecular formula is C22H25ClF2N2O4. The van der Waals surface area contributed by atoms with Crippen LogP contribution in [-0.2, 0) is 4.79 Å². The maximum atomic E-state index is 12.4. The molecule has 1 fully saturated rings. The number of likely N-dealkylation sites (tertiary alicyclic amines) is 1. The Hall–Kier alpha value is -2.42. The van der Waals surface area contributed by atoms with Crippen molar-refractivity contribution in [3.05, 3.63) is 53.6 Å². The van der Waals surface area contributed by atoms with Crippen LogP contribution in [0, 0.1) is 0 Å². The van der Waals surface area contributed by atoms with Crippen LogP contribution in [0.2, 0.25) is 5.02 Å². The number of amides is 1. The predicted octanol–water partition coefficient (Wildman–Crippen LogP) is 4.18. The first-order chi connectivity index (χ1) is 14.8. The van der Waals surface area contributed by atoms with Crippen LogP contribution < -0.4 is 14.8 Å². The van der Waals surface area contributed by atoms with Crippen molar-refractivity contribution >= 4 is 23.2 Å². The molecule has 0 radical (unpaired) electrons. The molecule has 1 aliphatic heterocycles. The van der Waals surface area contributed by atoms with Gasteiger partial charge >= 0.3 is 6.61 Å². The first-order valence-corrected chi connectivity index (χ1v) is 10.4. The zero-order valence-electron chi connectivity index (χ0n) is 16.9. The number of alkyl halides is 2. The van der Waals surface area contributed by atoms with E-state index in [0.29, 0.717) is 42.4 Å². The van der Waals surface area contributed by atoms with Crippen LogP contribution in [-0.4, -0.2) is 54.4 Å². The predicted molar refractivity (Wildman–Crippen MR) is 114 cm³/mol. The van der Waals surface area contributed by atoms with Gasteiger partial charge in [0.1, 0.15) is 18.1 Å². The molecule has 1 saturated heterocycles. The smallest absolute Gasteiger partial charge is 0.387 e. The number of carbonyl (C=O) groups is 1. The Labute approximate surface area is 184 Å². The van der Waals surface area contributed by atoms with Crippen molar-refractivity contribution in [3.8, 4) is 11.5 Å². The molecule has 0 saturated carbocycles. The minimum Gasteiger partial charge on any atom is -0.491 e. The Morgan fingerprint density at radius 1 is 1.16 bits per heavy atom. The summed E-state index contributed by atoms with van der Waals surface area (Å²) in [5.74, 6) is 0.411. The summed E-state index contributed by atoms with van der Waals surface area (Å²) in [5.41, 5.74) is -0.485. The van der Waals surface area contributed by atoms with E-state index in [2.05, 4.69) is 10.1 Å². The summed E-state index contributed by atoms with van der Waals surface area (Å²) < 4.78 is 34.4. The van der Waals surface area contributed by atoms with Gasteiger partial charge in [-0.2, -0.15) is 8.78 Å². The fourth-order valence-electron chi connectivity index (χ4n) is 3.43. The van der Waals surface area contributed by atoms with E-state index >= 15 is 0 Å². The van der Waals surface area contributed by atoms with Crippen LogP contribution in [0.15, 0.2) is 48.5 Å². The molecule has 0 aliphatic carbocycles. The van der Waals surface area contributed by atoms with Gasteiger partial charge in [-0.25, -0.2) is 0 Å². The lowest BCUT2D eigenvalue weighted by Crippen LogP contribution is -2.38. The molecule has 2 aromatic rings. The number of halogens is 3. The number of benzene rings is 2. The van der Waals surface area contributed by atoms with Crippen LogP contribution in [0.25, 0.3) is 0 Å². The molecule has 9 heteroatoms. The van der Waals surface area contributed by atoms with Gasteiger partial charge in [-0.3, -0.25) is 9.69 Å². The Kier molecular flexibility index (Phi) is 8.06. The highest BCUT2D eigenvalue weighted by Crippen LogP contribution is 2.25. The highest BCUT2D eigenvalue weighted by atomic mass is 35.5. The fourth-order valence-corrected chi connectivity index (χ4v) is 3.62. The largest absolute Gasteiger partial charge is 0.491 e. The highest BCUT2D eigenvalue weighted by Gasteiger charge is 2.31. The van der Waals surface area contributed by atoms with E-state index in [0.717, 1.165) is 6.42 Å². The van der Waals surface area contributed by atoms with Crippen LogP contribution in [0.3, 0.4) is 0 Å². The molecule has 0 aromatic heterocycles. The van der Waals surface area contributed by atoms with Gasteiger partial charge < -0.3 is 19.9 Å². The van der Waals surface area contributed by atoms with Gasteiger partial charge in [0.15, 0.2) is 0 Å². The van der Waals surface area contributed by atoms with E-state index in [1.807, 2.05) is 4.90 Å². The third-order valence-electron chi connectivity index (χ3n) is 5.04. The van der Waals surface area contributed by atoms with Crippen molar-refractivity contribution in [2.24, 2.45) is 0 Å². The second kappa shape index (κ2) is 10.7. The third kappa shape index (κ3) is 7.65. The molecule has 1 heterocycles. The molecule has 1 unspecified atom stereocenters. The monoisotopic (exact) mass is 454 g/mol. The first kappa shape index (κ1) is 23.2. The quantitative estimate of drug-likeness (QED) is 0.626. The first-order valence-electron chi connectivity index (χ1n) is 9.99. The van der Waals surface area contributed by atoms with Crippen molar-refractivity contribution in [1.82, 2.24) is 4.90 Å². The number of nitrogens with one attached hydrogen (secondary N) is 1. The van der Waals surface area contributed by atoms with Gasteiger partial charge in [0.05, 0.1) is 12.1 Å². The zero-order valence-corrected chi connectivity index (χ0v) is 17.7. The van der Waals surface area contributed by atoms with Crippen LogP contribution >= 0.6 is 11.6 Å². The standard InChI is InChI=1S/C22H25ClF2N2O4/c23-16-3-1-4-19(13-16)30-15-22(29)9-2-11-27(12-10-22)14-20(28)26-17-5-7-18(8-6-17)31-21(24)25/h1,3-8,13,21,29H,2,9-12,14-15H2,(H,26,28). The number of ether oxygens (including phenoxy) is 2. The molecule has 2 N–H and O–H groups in total. The van der Waals surface area contributed by atoms with Crippen LogP contribution in [0.5, 0.6) is 11.5 Å². The fraction of sp³-hybridized carbons (Fsp3) is 0.409. The number of carbonyl (C=O) groups excluding carboxylic acids is 1. The molecule has 1 atom stereocenters. The number of hydrogen-bond donors (Lipinski definition) is 2. The Morgan fingerprint density at radius 3 is 2.65 bits per heavy atom. The lowest BCUT2D eigenvalue weighted by molar-refractivity contribution is -0.117. The van der Waals surface area contributed by atoms with Crippen LogP contribution in [0.1, 0.15) is 19.3 Å². The van der Waals surface area contributed by atoms with E-state index in [1.165, 1.54) is 24.3 Å². The molecule has 1 amide bonds. The maximum Gasteiger partial charge on any atom is 0.387 e. The van der Waals surface area contributed by atoms with Gasteiger partial charge in [-0.05, 0) is 68.3 Å². The van der Waals surface area contributed by atoms with Gasteiger partial charge in [-0.1, -0.05) is 17.7 Å². The summed E-state index contributed by atoms with van der Waals surface area (Å²) in [6, 6.07) is 12.8. The normalized spacial score (nSPS) is 19.6. The zero-order chi connectivity index (χ0) is 22.3. The summed E-state index contributed by atoms with van der Waals surface area (Å²) in [4.78, 5) is 14.3. The molecular weight excluding hydrogens is 430 g/mol. The minimum atomic E-state index is -2.89. The molecule has 3 rings (SSSR count). The molecule has 1 aliphatic rings. The number of nitrogens with zero attached hydrogens (tertiary/aromatic N) is 1. The van der Waals surface area contributed by atoms with E-state index in [9.17, 15) is 18.7 Å². The maximum absolute atomic E-state index is 12.4. The summed E-state index contributed by atoms with van der Waals surface area (Å²) in [6.07, 6.45) is 1.76. The average molecular weight is 455 g/mol. The minimum absolute atomic E-state index is 0.0276. The number of rotatable bonds is 8. The lowest BCUT2D eigenvalue weighted by Gasteiger charge is -2.27. The van der Waals surface area contributed by atoms with Gasteiger partial charge in [0.2, 0.25) is 5.91 Å². The Morgan fingerprint density at radius 2 is 1.94 bits per heavy atom. The summed E-state index contributed by atoms with van der Waals surface area (Å²) in [6.45, 7) is -1.35. The van der Waals surface area contributed by atoms with Crippen molar-refractivity contribution in [2.75, 3.05) is 31.6 Å². The van der Waals surface area contributed by atoms with E-state index in [1.54, 1.807) is 24.3 Å². The molecule has 31 heavy (non-hydrogen) atoms. The average Bonchev–Trinajstić information content (AvgIpc) is 2.90.